The minimum atomic E-state index is -3.54. The molecule has 1 saturated carbocycles. The summed E-state index contributed by atoms with van der Waals surface area (Å²) in [7, 11) is -3.54. The molecule has 2 unspecified atom stereocenters. The smallest absolute Gasteiger partial charge is 0.252 e. The zero-order valence-electron chi connectivity index (χ0n) is 18.0. The Bertz CT molecular complexity index is 1570. The maximum atomic E-state index is 15.0. The Morgan fingerprint density at radius 3 is 2.76 bits per heavy atom. The number of hydrogen-bond donors (Lipinski definition) is 1. The minimum Gasteiger partial charge on any atom is -0.310 e. The Balaban J connectivity index is 1.39. The third-order valence-electron chi connectivity index (χ3n) is 5.82. The molecule has 174 valence electrons. The Kier molecular flexibility index (Phi) is 5.33. The van der Waals surface area contributed by atoms with E-state index in [-0.39, 0.29) is 22.8 Å². The van der Waals surface area contributed by atoms with Gasteiger partial charge in [-0.2, -0.15) is 0 Å². The quantitative estimate of drug-likeness (QED) is 0.445. The number of aryl methyl sites for hydroxylation is 1. The van der Waals surface area contributed by atoms with E-state index in [0.29, 0.717) is 39.8 Å². The van der Waals surface area contributed by atoms with Gasteiger partial charge in [0.1, 0.15) is 11.6 Å². The summed E-state index contributed by atoms with van der Waals surface area (Å²) < 4.78 is 38.9. The van der Waals surface area contributed by atoms with Gasteiger partial charge in [-0.3, -0.25) is 9.78 Å². The fraction of sp³-hybridized carbons (Fsp3) is 0.227. The Morgan fingerprint density at radius 2 is 2.06 bits per heavy atom. The van der Waals surface area contributed by atoms with Gasteiger partial charge in [0, 0.05) is 46.9 Å². The highest BCUT2D eigenvalue weighted by Crippen LogP contribution is 2.47. The number of aromatic nitrogens is 5. The van der Waals surface area contributed by atoms with Crippen LogP contribution in [0.1, 0.15) is 23.6 Å². The molecule has 3 aromatic heterocycles. The molecule has 2 atom stereocenters. The third-order valence-corrected chi connectivity index (χ3v) is 7.05. The van der Waals surface area contributed by atoms with Crippen LogP contribution in [0.4, 0.5) is 10.2 Å². The molecular formula is C22H18ClFN6O3S. The molecule has 1 amide bonds. The summed E-state index contributed by atoms with van der Waals surface area (Å²) in [6.07, 6.45) is 7.48. The van der Waals surface area contributed by atoms with Crippen LogP contribution in [0.3, 0.4) is 0 Å². The highest BCUT2D eigenvalue weighted by atomic mass is 35.5. The number of anilines is 1. The van der Waals surface area contributed by atoms with Crippen molar-refractivity contribution in [1.82, 2.24) is 24.4 Å². The highest BCUT2D eigenvalue weighted by molar-refractivity contribution is 7.89. The van der Waals surface area contributed by atoms with E-state index in [1.807, 2.05) is 6.92 Å². The summed E-state index contributed by atoms with van der Waals surface area (Å²) in [4.78, 5) is 21.0. The van der Waals surface area contributed by atoms with Gasteiger partial charge in [-0.15, -0.1) is 9.19 Å². The first-order valence-corrected chi connectivity index (χ1v) is 12.5. The Morgan fingerprint density at radius 1 is 1.26 bits per heavy atom. The highest BCUT2D eigenvalue weighted by Gasteiger charge is 2.46. The second-order valence-electron chi connectivity index (χ2n) is 8.25. The maximum Gasteiger partial charge on any atom is 0.252 e. The predicted molar refractivity (Wildman–Crippen MR) is 124 cm³/mol. The van der Waals surface area contributed by atoms with Gasteiger partial charge in [0.15, 0.2) is 0 Å². The van der Waals surface area contributed by atoms with Crippen LogP contribution in [0.15, 0.2) is 43.0 Å². The van der Waals surface area contributed by atoms with Gasteiger partial charge in [-0.25, -0.2) is 17.8 Å². The summed E-state index contributed by atoms with van der Waals surface area (Å²) in [5.41, 5.74) is 2.22. The number of hydrogen-bond acceptors (Lipinski definition) is 7. The fourth-order valence-corrected chi connectivity index (χ4v) is 4.59. The molecule has 0 bridgehead atoms. The third kappa shape index (κ3) is 4.01. The molecule has 1 aliphatic carbocycles. The molecule has 0 radical (unpaired) electrons. The van der Waals surface area contributed by atoms with Crippen molar-refractivity contribution >= 4 is 44.1 Å². The van der Waals surface area contributed by atoms with Crippen LogP contribution in [0, 0.1) is 18.7 Å². The van der Waals surface area contributed by atoms with E-state index in [1.54, 1.807) is 30.6 Å². The first-order valence-electron chi connectivity index (χ1n) is 10.3. The lowest BCUT2D eigenvalue weighted by atomic mass is 9.99. The van der Waals surface area contributed by atoms with Gasteiger partial charge in [0.05, 0.1) is 23.2 Å². The molecule has 9 nitrogen and oxygen atoms in total. The minimum absolute atomic E-state index is 0.0580. The van der Waals surface area contributed by atoms with Crippen molar-refractivity contribution in [2.45, 2.75) is 19.3 Å². The Labute approximate surface area is 199 Å². The average molecular weight is 501 g/mol. The number of carbonyl (C=O) groups is 1. The van der Waals surface area contributed by atoms with Crippen LogP contribution in [0.2, 0.25) is 5.02 Å². The van der Waals surface area contributed by atoms with Crippen LogP contribution in [0.25, 0.3) is 21.9 Å². The van der Waals surface area contributed by atoms with E-state index < -0.39 is 15.8 Å². The lowest BCUT2D eigenvalue weighted by molar-refractivity contribution is -0.117. The van der Waals surface area contributed by atoms with Crippen molar-refractivity contribution in [3.05, 3.63) is 65.1 Å². The number of nitrogens with zero attached hydrogens (tertiary/aromatic N) is 5. The van der Waals surface area contributed by atoms with E-state index in [1.165, 1.54) is 12.4 Å². The molecular weight excluding hydrogens is 483 g/mol. The van der Waals surface area contributed by atoms with Gasteiger partial charge in [-0.05, 0) is 42.5 Å². The molecule has 34 heavy (non-hydrogen) atoms. The first kappa shape index (κ1) is 22.4. The molecule has 0 aliphatic heterocycles. The molecule has 3 heterocycles. The molecule has 1 aliphatic rings. The summed E-state index contributed by atoms with van der Waals surface area (Å²) in [6.45, 7) is 1.85. The molecule has 1 fully saturated rings. The first-order chi connectivity index (χ1) is 16.1. The van der Waals surface area contributed by atoms with E-state index in [0.717, 1.165) is 15.9 Å². The standard InChI is InChI=1S/C22H18ClFN6O3S/c1-11-3-4-25-8-16(11)14-5-12-6-19(26-9-17(12)20(23)21(14)24)27-22(31)15-7-13(15)18-10-30(29-28-18)34(2,32)33/h3-6,8-10,13,15H,7H2,1-2H3,(H,26,27,31). The second kappa shape index (κ2) is 8.10. The van der Waals surface area contributed by atoms with Crippen LogP contribution in [-0.4, -0.2) is 44.9 Å². The number of pyridine rings is 2. The van der Waals surface area contributed by atoms with Gasteiger partial charge >= 0.3 is 0 Å². The predicted octanol–water partition coefficient (Wildman–Crippen LogP) is 3.54. The van der Waals surface area contributed by atoms with Gasteiger partial charge in [-0.1, -0.05) is 16.8 Å². The SMILES string of the molecule is Cc1ccncc1-c1cc2cc(NC(=O)C3CC3c3cn(S(C)(=O)=O)nn3)ncc2c(Cl)c1F. The molecule has 4 aromatic rings. The number of nitrogens with one attached hydrogen (secondary N) is 1. The van der Waals surface area contributed by atoms with Crippen LogP contribution >= 0.6 is 11.6 Å². The van der Waals surface area contributed by atoms with Crippen molar-refractivity contribution in [2.24, 2.45) is 5.92 Å². The second-order valence-corrected chi connectivity index (χ2v) is 10.5. The maximum absolute atomic E-state index is 15.0. The number of benzene rings is 1. The summed E-state index contributed by atoms with van der Waals surface area (Å²) in [6, 6.07) is 5.07. The molecule has 5 rings (SSSR count). The fourth-order valence-electron chi connectivity index (χ4n) is 3.86. The Hall–Kier alpha value is -3.44. The monoisotopic (exact) mass is 500 g/mol. The van der Waals surface area contributed by atoms with Gasteiger partial charge < -0.3 is 5.32 Å². The van der Waals surface area contributed by atoms with E-state index in [9.17, 15) is 17.6 Å². The van der Waals surface area contributed by atoms with Crippen molar-refractivity contribution in [3.63, 3.8) is 0 Å². The number of rotatable bonds is 5. The summed E-state index contributed by atoms with van der Waals surface area (Å²) in [5.74, 6) is -1.15. The number of fused-ring (bicyclic) bond motifs is 1. The summed E-state index contributed by atoms with van der Waals surface area (Å²) in [5, 5.41) is 11.2. The molecule has 1 aromatic carbocycles. The topological polar surface area (TPSA) is 120 Å². The largest absolute Gasteiger partial charge is 0.310 e. The number of halogens is 2. The van der Waals surface area contributed by atoms with Gasteiger partial charge in [0.25, 0.3) is 10.0 Å². The normalized spacial score (nSPS) is 17.6. The molecule has 12 heteroatoms. The molecule has 0 saturated heterocycles. The van der Waals surface area contributed by atoms with E-state index in [4.69, 9.17) is 11.6 Å². The zero-order chi connectivity index (χ0) is 24.2. The molecule has 1 N–H and O–H groups in total. The summed E-state index contributed by atoms with van der Waals surface area (Å²) >= 11 is 6.29. The van der Waals surface area contributed by atoms with E-state index in [2.05, 4.69) is 25.6 Å². The zero-order valence-corrected chi connectivity index (χ0v) is 19.6. The van der Waals surface area contributed by atoms with Crippen LogP contribution in [0.5, 0.6) is 0 Å². The van der Waals surface area contributed by atoms with E-state index >= 15 is 0 Å². The van der Waals surface area contributed by atoms with Crippen molar-refractivity contribution in [2.75, 3.05) is 11.6 Å². The van der Waals surface area contributed by atoms with Crippen molar-refractivity contribution < 1.29 is 17.6 Å². The van der Waals surface area contributed by atoms with Crippen LogP contribution in [-0.2, 0) is 14.8 Å². The lowest BCUT2D eigenvalue weighted by Crippen LogP contribution is -2.15. The number of carbonyl (C=O) groups excluding carboxylic acids is 1. The molecule has 0 spiro atoms. The van der Waals surface area contributed by atoms with Crippen LogP contribution < -0.4 is 5.32 Å². The average Bonchev–Trinajstić information content (AvgIpc) is 3.43. The van der Waals surface area contributed by atoms with Crippen molar-refractivity contribution in [1.29, 1.82) is 0 Å². The van der Waals surface area contributed by atoms with Gasteiger partial charge in [0.2, 0.25) is 5.91 Å². The number of amides is 1. The lowest BCUT2D eigenvalue weighted by Gasteiger charge is -2.12. The van der Waals surface area contributed by atoms with Crippen molar-refractivity contribution in [3.8, 4) is 11.1 Å².